The summed E-state index contributed by atoms with van der Waals surface area (Å²) in [6.07, 6.45) is 1.41. The minimum absolute atomic E-state index is 0.0151. The van der Waals surface area contributed by atoms with Gasteiger partial charge in [-0.1, -0.05) is 42.5 Å². The van der Waals surface area contributed by atoms with E-state index in [-0.39, 0.29) is 22.7 Å². The van der Waals surface area contributed by atoms with Crippen molar-refractivity contribution in [1.29, 1.82) is 0 Å². The molecule has 1 N–H and O–H groups in total. The average molecular weight is 462 g/mol. The molecule has 170 valence electrons. The quantitative estimate of drug-likeness (QED) is 0.387. The van der Waals surface area contributed by atoms with Crippen molar-refractivity contribution in [2.24, 2.45) is 0 Å². The molecule has 0 atom stereocenters. The number of hydrogen-bond donors (Lipinski definition) is 1. The lowest BCUT2D eigenvalue weighted by Gasteiger charge is -2.08. The first-order chi connectivity index (χ1) is 16.5. The lowest BCUT2D eigenvalue weighted by Crippen LogP contribution is -2.12. The van der Waals surface area contributed by atoms with Gasteiger partial charge in [0.15, 0.2) is 5.65 Å². The van der Waals surface area contributed by atoms with Crippen LogP contribution in [-0.4, -0.2) is 30.3 Å². The number of rotatable bonds is 6. The van der Waals surface area contributed by atoms with Gasteiger partial charge in [-0.15, -0.1) is 0 Å². The molecule has 10 heteroatoms. The summed E-state index contributed by atoms with van der Waals surface area (Å²) < 4.78 is 43.4. The van der Waals surface area contributed by atoms with Gasteiger partial charge in [0.25, 0.3) is 12.3 Å². The zero-order valence-electron chi connectivity index (χ0n) is 17.6. The van der Waals surface area contributed by atoms with Crippen LogP contribution in [0.5, 0.6) is 0 Å². The van der Waals surface area contributed by atoms with Crippen molar-refractivity contribution in [3.05, 3.63) is 102 Å². The van der Waals surface area contributed by atoms with Crippen LogP contribution in [0.3, 0.4) is 0 Å². The maximum Gasteiger partial charge on any atom is 0.280 e. The van der Waals surface area contributed by atoms with E-state index in [4.69, 9.17) is 0 Å². The third kappa shape index (κ3) is 4.25. The van der Waals surface area contributed by atoms with Crippen molar-refractivity contribution in [3.63, 3.8) is 0 Å². The number of carbonyl (C=O) groups is 1. The zero-order chi connectivity index (χ0) is 23.7. The predicted octanol–water partition coefficient (Wildman–Crippen LogP) is 4.97. The Morgan fingerprint density at radius 1 is 1.00 bits per heavy atom. The molecule has 34 heavy (non-hydrogen) atoms. The minimum Gasteiger partial charge on any atom is -0.319 e. The van der Waals surface area contributed by atoms with E-state index in [1.807, 2.05) is 6.07 Å². The fraction of sp³-hybridized carbons (Fsp3) is 0.0833. The molecule has 0 saturated carbocycles. The number of alkyl halides is 2. The molecule has 0 unspecified atom stereocenters. The van der Waals surface area contributed by atoms with Gasteiger partial charge >= 0.3 is 0 Å². The van der Waals surface area contributed by atoms with Gasteiger partial charge in [-0.25, -0.2) is 22.7 Å². The topological polar surface area (TPSA) is 77.1 Å². The summed E-state index contributed by atoms with van der Waals surface area (Å²) in [7, 11) is 0. The average Bonchev–Trinajstić information content (AvgIpc) is 3.45. The van der Waals surface area contributed by atoms with Crippen LogP contribution in [0.4, 0.5) is 18.9 Å². The van der Waals surface area contributed by atoms with Crippen molar-refractivity contribution >= 4 is 17.2 Å². The van der Waals surface area contributed by atoms with Crippen molar-refractivity contribution in [2.75, 3.05) is 5.32 Å². The standard InChI is InChI=1S/C24H17F3N6O/c25-17-8-4-5-15(9-17)13-32-14-18(11-28-32)30-24(34)19-12-29-33-21(22(26)27)10-20(31-23(19)33)16-6-2-1-3-7-16/h1-12,14,22H,13H2,(H,30,34). The second kappa shape index (κ2) is 8.81. The van der Waals surface area contributed by atoms with Crippen LogP contribution in [0.2, 0.25) is 0 Å². The number of nitrogens with zero attached hydrogens (tertiary/aromatic N) is 5. The number of carbonyl (C=O) groups excluding carboxylic acids is 1. The van der Waals surface area contributed by atoms with Crippen LogP contribution in [0.25, 0.3) is 16.9 Å². The van der Waals surface area contributed by atoms with E-state index in [1.54, 1.807) is 47.3 Å². The van der Waals surface area contributed by atoms with E-state index in [9.17, 15) is 18.0 Å². The molecular formula is C24H17F3N6O. The Hall–Kier alpha value is -4.47. The third-order valence-electron chi connectivity index (χ3n) is 5.16. The predicted molar refractivity (Wildman–Crippen MR) is 119 cm³/mol. The number of aromatic nitrogens is 5. The second-order valence-electron chi connectivity index (χ2n) is 7.54. The second-order valence-corrected chi connectivity index (χ2v) is 7.54. The highest BCUT2D eigenvalue weighted by molar-refractivity contribution is 6.08. The number of hydrogen-bond acceptors (Lipinski definition) is 4. The molecule has 0 aliphatic heterocycles. The van der Waals surface area contributed by atoms with Crippen LogP contribution >= 0.6 is 0 Å². The van der Waals surface area contributed by atoms with E-state index < -0.39 is 12.3 Å². The molecule has 0 spiro atoms. The maximum atomic E-state index is 13.7. The number of halogens is 3. The summed E-state index contributed by atoms with van der Waals surface area (Å²) in [5.41, 5.74) is 1.72. The van der Waals surface area contributed by atoms with Gasteiger partial charge < -0.3 is 5.32 Å². The van der Waals surface area contributed by atoms with Gasteiger partial charge in [0, 0.05) is 11.8 Å². The Balaban J connectivity index is 1.43. The summed E-state index contributed by atoms with van der Waals surface area (Å²) in [6, 6.07) is 16.2. The first-order valence-electron chi connectivity index (χ1n) is 10.3. The molecular weight excluding hydrogens is 445 g/mol. The van der Waals surface area contributed by atoms with Crippen LogP contribution in [0, 0.1) is 5.82 Å². The van der Waals surface area contributed by atoms with Crippen LogP contribution in [0.15, 0.2) is 79.3 Å². The van der Waals surface area contributed by atoms with Crippen molar-refractivity contribution in [3.8, 4) is 11.3 Å². The summed E-state index contributed by atoms with van der Waals surface area (Å²) in [5.74, 6) is -0.921. The van der Waals surface area contributed by atoms with E-state index >= 15 is 0 Å². The molecule has 2 aromatic carbocycles. The molecule has 0 aliphatic rings. The van der Waals surface area contributed by atoms with Gasteiger partial charge in [0.05, 0.1) is 30.3 Å². The largest absolute Gasteiger partial charge is 0.319 e. The molecule has 0 aliphatic carbocycles. The van der Waals surface area contributed by atoms with Crippen molar-refractivity contribution in [2.45, 2.75) is 13.0 Å². The summed E-state index contributed by atoms with van der Waals surface area (Å²) in [4.78, 5) is 17.4. The molecule has 5 aromatic rings. The normalized spacial score (nSPS) is 11.3. The molecule has 0 bridgehead atoms. The highest BCUT2D eigenvalue weighted by Crippen LogP contribution is 2.27. The molecule has 3 aromatic heterocycles. The number of amides is 1. The number of benzene rings is 2. The van der Waals surface area contributed by atoms with Crippen LogP contribution < -0.4 is 5.32 Å². The van der Waals surface area contributed by atoms with Gasteiger partial charge in [-0.05, 0) is 23.8 Å². The molecule has 3 heterocycles. The Kier molecular flexibility index (Phi) is 5.54. The molecule has 7 nitrogen and oxygen atoms in total. The molecule has 5 rings (SSSR count). The highest BCUT2D eigenvalue weighted by atomic mass is 19.3. The minimum atomic E-state index is -2.81. The van der Waals surface area contributed by atoms with Crippen molar-refractivity contribution < 1.29 is 18.0 Å². The first kappa shape index (κ1) is 21.4. The van der Waals surface area contributed by atoms with Crippen LogP contribution in [0.1, 0.15) is 28.0 Å². The fourth-order valence-corrected chi connectivity index (χ4v) is 3.59. The number of fused-ring (bicyclic) bond motifs is 1. The Morgan fingerprint density at radius 3 is 2.59 bits per heavy atom. The van der Waals surface area contributed by atoms with E-state index in [2.05, 4.69) is 20.5 Å². The SMILES string of the molecule is O=C(Nc1cnn(Cc2cccc(F)c2)c1)c1cnn2c(C(F)F)cc(-c3ccccc3)nc12. The van der Waals surface area contributed by atoms with E-state index in [1.165, 1.54) is 30.6 Å². The van der Waals surface area contributed by atoms with Gasteiger partial charge in [0.2, 0.25) is 0 Å². The summed E-state index contributed by atoms with van der Waals surface area (Å²) >= 11 is 0. The summed E-state index contributed by atoms with van der Waals surface area (Å²) in [6.45, 7) is 0.310. The number of anilines is 1. The lowest BCUT2D eigenvalue weighted by atomic mass is 10.1. The molecule has 0 fully saturated rings. The van der Waals surface area contributed by atoms with Gasteiger partial charge in [-0.2, -0.15) is 10.2 Å². The molecule has 0 radical (unpaired) electrons. The lowest BCUT2D eigenvalue weighted by molar-refractivity contribution is 0.102. The smallest absolute Gasteiger partial charge is 0.280 e. The first-order valence-corrected chi connectivity index (χ1v) is 10.3. The van der Waals surface area contributed by atoms with Crippen LogP contribution in [-0.2, 0) is 6.54 Å². The fourth-order valence-electron chi connectivity index (χ4n) is 3.59. The Morgan fingerprint density at radius 2 is 1.82 bits per heavy atom. The monoisotopic (exact) mass is 462 g/mol. The highest BCUT2D eigenvalue weighted by Gasteiger charge is 2.22. The van der Waals surface area contributed by atoms with Gasteiger partial charge in [-0.3, -0.25) is 9.48 Å². The van der Waals surface area contributed by atoms with Gasteiger partial charge in [0.1, 0.15) is 17.1 Å². The Labute approximate surface area is 191 Å². The molecule has 1 amide bonds. The van der Waals surface area contributed by atoms with E-state index in [0.29, 0.717) is 29.1 Å². The summed E-state index contributed by atoms with van der Waals surface area (Å²) in [5, 5.41) is 10.8. The Bertz CT molecular complexity index is 1480. The van der Waals surface area contributed by atoms with Crippen molar-refractivity contribution in [1.82, 2.24) is 24.4 Å². The molecule has 0 saturated heterocycles. The van der Waals surface area contributed by atoms with E-state index in [0.717, 1.165) is 4.52 Å². The third-order valence-corrected chi connectivity index (χ3v) is 5.16. The number of nitrogens with one attached hydrogen (secondary N) is 1. The zero-order valence-corrected chi connectivity index (χ0v) is 17.6. The maximum absolute atomic E-state index is 13.7.